The van der Waals surface area contributed by atoms with Gasteiger partial charge in [0.25, 0.3) is 15.0 Å². The lowest BCUT2D eigenvalue weighted by molar-refractivity contribution is 0.0949. The van der Waals surface area contributed by atoms with Crippen LogP contribution in [0.3, 0.4) is 0 Å². The maximum atomic E-state index is 14.0. The second-order valence-electron chi connectivity index (χ2n) is 4.09. The molecule has 5 nitrogen and oxygen atoms in total. The van der Waals surface area contributed by atoms with E-state index in [0.717, 1.165) is 12.1 Å². The highest BCUT2D eigenvalue weighted by atomic mass is 35.7. The van der Waals surface area contributed by atoms with Gasteiger partial charge in [-0.2, -0.15) is 0 Å². The number of carbonyl (C=O) groups is 1. The van der Waals surface area contributed by atoms with Crippen LogP contribution in [0.15, 0.2) is 17.0 Å². The zero-order valence-electron chi connectivity index (χ0n) is 10.9. The van der Waals surface area contributed by atoms with Gasteiger partial charge in [-0.05, 0) is 18.6 Å². The first-order valence-corrected chi connectivity index (χ1v) is 10.1. The second kappa shape index (κ2) is 7.53. The Balaban J connectivity index is 2.95. The van der Waals surface area contributed by atoms with E-state index in [2.05, 4.69) is 5.32 Å². The first kappa shape index (κ1) is 18.3. The standard InChI is InChI=1S/C11H12Cl2FNO4S2/c1-20(17)4-2-3-15-11(16)8-5-7(12)6-9(10(8)14)21(13,18)19/h5-6H,2-4H2,1H3,(H,15,16). The summed E-state index contributed by atoms with van der Waals surface area (Å²) in [6.07, 6.45) is 1.97. The van der Waals surface area contributed by atoms with Crippen molar-refractivity contribution >= 4 is 48.0 Å². The van der Waals surface area contributed by atoms with Gasteiger partial charge in [-0.3, -0.25) is 9.00 Å². The predicted molar refractivity (Wildman–Crippen MR) is 80.3 cm³/mol. The summed E-state index contributed by atoms with van der Waals surface area (Å²) in [4.78, 5) is 11.0. The van der Waals surface area contributed by atoms with E-state index in [1.807, 2.05) is 0 Å². The average Bonchev–Trinajstić information content (AvgIpc) is 2.35. The van der Waals surface area contributed by atoms with Gasteiger partial charge in [-0.25, -0.2) is 12.8 Å². The van der Waals surface area contributed by atoms with Gasteiger partial charge in [-0.15, -0.1) is 0 Å². The van der Waals surface area contributed by atoms with Crippen molar-refractivity contribution in [1.29, 1.82) is 0 Å². The molecule has 1 rings (SSSR count). The summed E-state index contributed by atoms with van der Waals surface area (Å²) in [6, 6.07) is 1.84. The molecule has 1 atom stereocenters. The normalized spacial score (nSPS) is 13.0. The Bertz CT molecular complexity index is 679. The Labute approximate surface area is 133 Å². The molecule has 21 heavy (non-hydrogen) atoms. The minimum Gasteiger partial charge on any atom is -0.352 e. The van der Waals surface area contributed by atoms with Crippen LogP contribution in [0.2, 0.25) is 5.02 Å². The Kier molecular flexibility index (Phi) is 6.58. The number of amides is 1. The molecule has 0 aromatic heterocycles. The minimum absolute atomic E-state index is 0.129. The first-order chi connectivity index (χ1) is 9.62. The number of nitrogens with one attached hydrogen (secondary N) is 1. The summed E-state index contributed by atoms with van der Waals surface area (Å²) in [7, 11) is -0.265. The molecule has 0 saturated carbocycles. The summed E-state index contributed by atoms with van der Waals surface area (Å²) in [5.74, 6) is -1.69. The maximum Gasteiger partial charge on any atom is 0.264 e. The third-order valence-electron chi connectivity index (χ3n) is 2.41. The van der Waals surface area contributed by atoms with Crippen LogP contribution in [0.4, 0.5) is 4.39 Å². The van der Waals surface area contributed by atoms with Gasteiger partial charge in [0.1, 0.15) is 4.90 Å². The molecule has 1 amide bonds. The Morgan fingerprint density at radius 1 is 1.43 bits per heavy atom. The maximum absolute atomic E-state index is 14.0. The van der Waals surface area contributed by atoms with Crippen molar-refractivity contribution in [3.63, 3.8) is 0 Å². The van der Waals surface area contributed by atoms with E-state index in [-0.39, 0.29) is 11.6 Å². The highest BCUT2D eigenvalue weighted by molar-refractivity contribution is 8.13. The van der Waals surface area contributed by atoms with E-state index in [9.17, 15) is 21.8 Å². The summed E-state index contributed by atoms with van der Waals surface area (Å²) in [5, 5.41) is 2.26. The zero-order valence-corrected chi connectivity index (χ0v) is 14.0. The molecular weight excluding hydrogens is 364 g/mol. The highest BCUT2D eigenvalue weighted by Crippen LogP contribution is 2.26. The fraction of sp³-hybridized carbons (Fsp3) is 0.364. The molecular formula is C11H12Cl2FNO4S2. The lowest BCUT2D eigenvalue weighted by Crippen LogP contribution is -2.26. The van der Waals surface area contributed by atoms with Crippen molar-refractivity contribution in [2.45, 2.75) is 11.3 Å². The zero-order chi connectivity index (χ0) is 16.2. The SMILES string of the molecule is CS(=O)CCCNC(=O)c1cc(Cl)cc(S(=O)(=O)Cl)c1F. The average molecular weight is 376 g/mol. The molecule has 1 aromatic carbocycles. The van der Waals surface area contributed by atoms with E-state index >= 15 is 0 Å². The molecule has 0 heterocycles. The van der Waals surface area contributed by atoms with E-state index < -0.39 is 42.0 Å². The lowest BCUT2D eigenvalue weighted by atomic mass is 10.2. The van der Waals surface area contributed by atoms with Gasteiger partial charge in [0, 0.05) is 45.1 Å². The third kappa shape index (κ3) is 5.54. The molecule has 1 aromatic rings. The van der Waals surface area contributed by atoms with Crippen LogP contribution in [0.5, 0.6) is 0 Å². The van der Waals surface area contributed by atoms with Crippen LogP contribution < -0.4 is 5.32 Å². The van der Waals surface area contributed by atoms with Gasteiger partial charge < -0.3 is 5.32 Å². The fourth-order valence-electron chi connectivity index (χ4n) is 1.48. The van der Waals surface area contributed by atoms with Gasteiger partial charge in [0.2, 0.25) is 0 Å². The molecule has 0 aliphatic heterocycles. The third-order valence-corrected chi connectivity index (χ3v) is 4.81. The number of rotatable bonds is 6. The van der Waals surface area contributed by atoms with Crippen molar-refractivity contribution in [2.75, 3.05) is 18.6 Å². The molecule has 0 saturated heterocycles. The Hall–Kier alpha value is -0.700. The van der Waals surface area contributed by atoms with E-state index in [1.165, 1.54) is 6.26 Å². The summed E-state index contributed by atoms with van der Waals surface area (Å²) in [5.41, 5.74) is -0.514. The van der Waals surface area contributed by atoms with E-state index in [1.54, 1.807) is 0 Å². The summed E-state index contributed by atoms with van der Waals surface area (Å²) < 4.78 is 47.3. The van der Waals surface area contributed by atoms with Gasteiger partial charge in [-0.1, -0.05) is 11.6 Å². The number of hydrogen-bond donors (Lipinski definition) is 1. The topological polar surface area (TPSA) is 80.3 Å². The van der Waals surface area contributed by atoms with Crippen LogP contribution in [-0.4, -0.2) is 37.1 Å². The van der Waals surface area contributed by atoms with Crippen LogP contribution in [0.1, 0.15) is 16.8 Å². The van der Waals surface area contributed by atoms with E-state index in [4.69, 9.17) is 22.3 Å². The molecule has 0 aliphatic carbocycles. The number of halogens is 3. The lowest BCUT2D eigenvalue weighted by Gasteiger charge is -2.08. The van der Waals surface area contributed by atoms with Gasteiger partial charge >= 0.3 is 0 Å². The molecule has 1 unspecified atom stereocenters. The van der Waals surface area contributed by atoms with Gasteiger partial charge in [0.05, 0.1) is 5.56 Å². The van der Waals surface area contributed by atoms with Crippen LogP contribution in [0.25, 0.3) is 0 Å². The predicted octanol–water partition coefficient (Wildman–Crippen LogP) is 1.90. The van der Waals surface area contributed by atoms with Crippen molar-refractivity contribution < 1.29 is 21.8 Å². The fourth-order valence-corrected chi connectivity index (χ4v) is 3.24. The minimum atomic E-state index is -4.36. The first-order valence-electron chi connectivity index (χ1n) is 5.65. The summed E-state index contributed by atoms with van der Waals surface area (Å²) >= 11 is 5.67. The number of hydrogen-bond acceptors (Lipinski definition) is 4. The van der Waals surface area contributed by atoms with Crippen molar-refractivity contribution in [3.8, 4) is 0 Å². The largest absolute Gasteiger partial charge is 0.352 e. The Morgan fingerprint density at radius 2 is 2.05 bits per heavy atom. The summed E-state index contributed by atoms with van der Waals surface area (Å²) in [6.45, 7) is 0.174. The number of benzene rings is 1. The molecule has 0 radical (unpaired) electrons. The molecule has 0 spiro atoms. The van der Waals surface area contributed by atoms with Crippen LogP contribution >= 0.6 is 22.3 Å². The highest BCUT2D eigenvalue weighted by Gasteiger charge is 2.23. The number of carbonyl (C=O) groups excluding carboxylic acids is 1. The molecule has 0 fully saturated rings. The molecule has 10 heteroatoms. The van der Waals surface area contributed by atoms with E-state index in [0.29, 0.717) is 12.2 Å². The molecule has 1 N–H and O–H groups in total. The monoisotopic (exact) mass is 375 g/mol. The van der Waals surface area contributed by atoms with Crippen molar-refractivity contribution in [2.24, 2.45) is 0 Å². The quantitative estimate of drug-likeness (QED) is 0.608. The molecule has 0 aliphatic rings. The molecule has 118 valence electrons. The van der Waals surface area contributed by atoms with Crippen molar-refractivity contribution in [3.05, 3.63) is 28.5 Å². The van der Waals surface area contributed by atoms with Gasteiger partial charge in [0.15, 0.2) is 5.82 Å². The van der Waals surface area contributed by atoms with Crippen molar-refractivity contribution in [1.82, 2.24) is 5.32 Å². The second-order valence-corrected chi connectivity index (χ2v) is 8.62. The Morgan fingerprint density at radius 3 is 2.57 bits per heavy atom. The van der Waals surface area contributed by atoms with Crippen LogP contribution in [-0.2, 0) is 19.9 Å². The smallest absolute Gasteiger partial charge is 0.264 e. The molecule has 0 bridgehead atoms. The van der Waals surface area contributed by atoms with Crippen LogP contribution in [0, 0.1) is 5.82 Å².